The third kappa shape index (κ3) is 4.13. The molecular formula is C16H21F3N4O2. The number of hydrogen-bond donors (Lipinski definition) is 2. The highest BCUT2D eigenvalue weighted by Crippen LogP contribution is 2.35. The molecule has 9 heteroatoms. The van der Waals surface area contributed by atoms with Gasteiger partial charge in [0.05, 0.1) is 0 Å². The molecule has 1 aliphatic carbocycles. The molecule has 0 aromatic carbocycles. The molecule has 2 aliphatic rings. The Kier molecular flexibility index (Phi) is 5.01. The molecule has 1 aromatic rings. The quantitative estimate of drug-likeness (QED) is 0.858. The van der Waals surface area contributed by atoms with E-state index in [0.29, 0.717) is 31.4 Å². The summed E-state index contributed by atoms with van der Waals surface area (Å²) in [5, 5.41) is 9.14. The van der Waals surface area contributed by atoms with Crippen LogP contribution < -0.4 is 10.6 Å². The van der Waals surface area contributed by atoms with Crippen LogP contribution in [0.5, 0.6) is 0 Å². The molecule has 1 fully saturated rings. The predicted octanol–water partition coefficient (Wildman–Crippen LogP) is 1.57. The summed E-state index contributed by atoms with van der Waals surface area (Å²) >= 11 is 0. The van der Waals surface area contributed by atoms with Crippen molar-refractivity contribution in [2.75, 3.05) is 6.54 Å². The highest BCUT2D eigenvalue weighted by molar-refractivity contribution is 5.78. The number of rotatable bonds is 4. The number of fused-ring (bicyclic) bond motifs is 1. The summed E-state index contributed by atoms with van der Waals surface area (Å²) in [7, 11) is 0. The number of carbonyl (C=O) groups is 2. The highest BCUT2D eigenvalue weighted by atomic mass is 19.4. The minimum atomic E-state index is -4.50. The van der Waals surface area contributed by atoms with Gasteiger partial charge in [0.25, 0.3) is 0 Å². The topological polar surface area (TPSA) is 76.0 Å². The van der Waals surface area contributed by atoms with E-state index in [0.717, 1.165) is 19.3 Å². The normalized spacial score (nSPS) is 20.8. The summed E-state index contributed by atoms with van der Waals surface area (Å²) in [6.45, 7) is 0.0409. The molecule has 0 radical (unpaired) electrons. The van der Waals surface area contributed by atoms with Crippen LogP contribution in [0.3, 0.4) is 0 Å². The number of nitrogens with one attached hydrogen (secondary N) is 2. The number of nitrogens with zero attached hydrogens (tertiary/aromatic N) is 2. The van der Waals surface area contributed by atoms with Crippen LogP contribution in [0.4, 0.5) is 13.2 Å². The molecule has 3 rings (SSSR count). The Morgan fingerprint density at radius 1 is 1.24 bits per heavy atom. The van der Waals surface area contributed by atoms with E-state index in [4.69, 9.17) is 0 Å². The number of hydrogen-bond acceptors (Lipinski definition) is 3. The van der Waals surface area contributed by atoms with Crippen molar-refractivity contribution in [1.82, 2.24) is 20.4 Å². The van der Waals surface area contributed by atoms with Gasteiger partial charge in [-0.05, 0) is 38.5 Å². The standard InChI is InChI=1S/C16H21F3N4O2/c17-16(18,19)15-11-5-1-2-6-12(11)23(22-15)9-14(25)20-8-10-4-3-7-13(24)21-10/h10H,1-9H2,(H,20,25)(H,21,24)/t10-/m1/s1. The van der Waals surface area contributed by atoms with Crippen molar-refractivity contribution >= 4 is 11.8 Å². The Balaban J connectivity index is 1.65. The first-order chi connectivity index (χ1) is 11.8. The summed E-state index contributed by atoms with van der Waals surface area (Å²) < 4.78 is 40.6. The number of amides is 2. The van der Waals surface area contributed by atoms with E-state index < -0.39 is 17.8 Å². The molecule has 138 valence electrons. The highest BCUT2D eigenvalue weighted by Gasteiger charge is 2.39. The van der Waals surface area contributed by atoms with E-state index in [2.05, 4.69) is 15.7 Å². The van der Waals surface area contributed by atoms with E-state index in [9.17, 15) is 22.8 Å². The monoisotopic (exact) mass is 358 g/mol. The molecule has 25 heavy (non-hydrogen) atoms. The van der Waals surface area contributed by atoms with Gasteiger partial charge in [-0.25, -0.2) is 0 Å². The Morgan fingerprint density at radius 2 is 2.00 bits per heavy atom. The van der Waals surface area contributed by atoms with Crippen LogP contribution >= 0.6 is 0 Å². The summed E-state index contributed by atoms with van der Waals surface area (Å²) in [6, 6.07) is -0.123. The Morgan fingerprint density at radius 3 is 2.72 bits per heavy atom. The van der Waals surface area contributed by atoms with Crippen LogP contribution in [-0.2, 0) is 35.2 Å². The largest absolute Gasteiger partial charge is 0.435 e. The van der Waals surface area contributed by atoms with Crippen LogP contribution in [-0.4, -0.2) is 34.2 Å². The SMILES string of the molecule is O=C(Cn1nc(C(F)(F)F)c2c1CCCC2)NC[C@H]1CCCC(=O)N1. The lowest BCUT2D eigenvalue weighted by molar-refractivity contribution is -0.142. The zero-order valence-corrected chi connectivity index (χ0v) is 13.8. The van der Waals surface area contributed by atoms with Gasteiger partial charge in [-0.2, -0.15) is 18.3 Å². The lowest BCUT2D eigenvalue weighted by Crippen LogP contribution is -2.46. The second kappa shape index (κ2) is 7.05. The van der Waals surface area contributed by atoms with Crippen molar-refractivity contribution in [1.29, 1.82) is 0 Å². The predicted molar refractivity (Wildman–Crippen MR) is 82.7 cm³/mol. The van der Waals surface area contributed by atoms with Crippen molar-refractivity contribution < 1.29 is 22.8 Å². The molecule has 0 unspecified atom stereocenters. The fourth-order valence-corrected chi connectivity index (χ4v) is 3.49. The molecule has 0 bridgehead atoms. The molecular weight excluding hydrogens is 337 g/mol. The summed E-state index contributed by atoms with van der Waals surface area (Å²) in [6.07, 6.45) is -0.111. The molecule has 0 saturated carbocycles. The van der Waals surface area contributed by atoms with Gasteiger partial charge in [0.2, 0.25) is 11.8 Å². The third-order valence-corrected chi connectivity index (χ3v) is 4.69. The maximum absolute atomic E-state index is 13.1. The van der Waals surface area contributed by atoms with Gasteiger partial charge in [0.15, 0.2) is 5.69 Å². The van der Waals surface area contributed by atoms with Crippen molar-refractivity contribution in [3.63, 3.8) is 0 Å². The van der Waals surface area contributed by atoms with E-state index in [1.54, 1.807) is 0 Å². The van der Waals surface area contributed by atoms with E-state index >= 15 is 0 Å². The molecule has 2 N–H and O–H groups in total. The maximum Gasteiger partial charge on any atom is 0.435 e. The molecule has 2 heterocycles. The second-order valence-corrected chi connectivity index (χ2v) is 6.60. The van der Waals surface area contributed by atoms with Crippen LogP contribution in [0.25, 0.3) is 0 Å². The average Bonchev–Trinajstić information content (AvgIpc) is 2.92. The number of aromatic nitrogens is 2. The molecule has 2 amide bonds. The minimum Gasteiger partial charge on any atom is -0.352 e. The number of carbonyl (C=O) groups excluding carboxylic acids is 2. The number of piperidine rings is 1. The third-order valence-electron chi connectivity index (χ3n) is 4.69. The number of alkyl halides is 3. The van der Waals surface area contributed by atoms with Gasteiger partial charge in [-0.3, -0.25) is 14.3 Å². The van der Waals surface area contributed by atoms with Crippen molar-refractivity contribution in [2.45, 2.75) is 63.7 Å². The molecule has 1 aliphatic heterocycles. The first-order valence-electron chi connectivity index (χ1n) is 8.56. The summed E-state index contributed by atoms with van der Waals surface area (Å²) in [5.74, 6) is -0.439. The van der Waals surface area contributed by atoms with Gasteiger partial charge in [0.1, 0.15) is 6.54 Å². The summed E-state index contributed by atoms with van der Waals surface area (Å²) in [5.41, 5.74) is -0.125. The van der Waals surface area contributed by atoms with Crippen LogP contribution in [0.2, 0.25) is 0 Å². The van der Waals surface area contributed by atoms with Crippen molar-refractivity contribution in [3.8, 4) is 0 Å². The second-order valence-electron chi connectivity index (χ2n) is 6.60. The average molecular weight is 358 g/mol. The zero-order chi connectivity index (χ0) is 18.0. The smallest absolute Gasteiger partial charge is 0.352 e. The van der Waals surface area contributed by atoms with E-state index in [-0.39, 0.29) is 30.6 Å². The number of halogens is 3. The van der Waals surface area contributed by atoms with E-state index in [1.807, 2.05) is 0 Å². The minimum absolute atomic E-state index is 0.0403. The first-order valence-corrected chi connectivity index (χ1v) is 8.56. The van der Waals surface area contributed by atoms with Gasteiger partial charge in [0, 0.05) is 30.3 Å². The molecule has 1 atom stereocenters. The molecule has 1 saturated heterocycles. The van der Waals surface area contributed by atoms with Gasteiger partial charge in [-0.1, -0.05) is 0 Å². The lowest BCUT2D eigenvalue weighted by Gasteiger charge is -2.23. The molecule has 1 aromatic heterocycles. The lowest BCUT2D eigenvalue weighted by atomic mass is 9.95. The fourth-order valence-electron chi connectivity index (χ4n) is 3.49. The van der Waals surface area contributed by atoms with Crippen molar-refractivity contribution in [3.05, 3.63) is 17.0 Å². The van der Waals surface area contributed by atoms with Crippen LogP contribution in [0.15, 0.2) is 0 Å². The Bertz CT molecular complexity index is 669. The first kappa shape index (κ1) is 17.8. The van der Waals surface area contributed by atoms with Gasteiger partial charge in [-0.15, -0.1) is 0 Å². The zero-order valence-electron chi connectivity index (χ0n) is 13.8. The summed E-state index contributed by atoms with van der Waals surface area (Å²) in [4.78, 5) is 23.4. The van der Waals surface area contributed by atoms with E-state index in [1.165, 1.54) is 4.68 Å². The Hall–Kier alpha value is -2.06. The molecule has 6 nitrogen and oxygen atoms in total. The fraction of sp³-hybridized carbons (Fsp3) is 0.688. The molecule has 0 spiro atoms. The van der Waals surface area contributed by atoms with Crippen molar-refractivity contribution in [2.24, 2.45) is 0 Å². The Labute approximate surface area is 143 Å². The van der Waals surface area contributed by atoms with Gasteiger partial charge < -0.3 is 10.6 Å². The van der Waals surface area contributed by atoms with Crippen LogP contribution in [0.1, 0.15) is 49.1 Å². The van der Waals surface area contributed by atoms with Crippen LogP contribution in [0, 0.1) is 0 Å². The maximum atomic E-state index is 13.1. The van der Waals surface area contributed by atoms with Gasteiger partial charge >= 0.3 is 6.18 Å².